The summed E-state index contributed by atoms with van der Waals surface area (Å²) in [5.41, 5.74) is 0.229. The van der Waals surface area contributed by atoms with Crippen LogP contribution in [0.5, 0.6) is 0 Å². The number of halogens is 1. The van der Waals surface area contributed by atoms with Crippen molar-refractivity contribution in [3.05, 3.63) is 42.1 Å². The summed E-state index contributed by atoms with van der Waals surface area (Å²) in [6, 6.07) is 8.96. The van der Waals surface area contributed by atoms with E-state index in [2.05, 4.69) is 4.37 Å². The van der Waals surface area contributed by atoms with E-state index in [-0.39, 0.29) is 0 Å². The summed E-state index contributed by atoms with van der Waals surface area (Å²) >= 11 is 1.42. The summed E-state index contributed by atoms with van der Waals surface area (Å²) in [7, 11) is 0. The highest BCUT2D eigenvalue weighted by Crippen LogP contribution is 2.42. The molecule has 1 aromatic heterocycles. The Balaban J connectivity index is 1.87. The van der Waals surface area contributed by atoms with Gasteiger partial charge in [-0.25, -0.2) is 13.6 Å². The van der Waals surface area contributed by atoms with Gasteiger partial charge in [-0.05, 0) is 63.3 Å². The number of hydrogen-bond donors (Lipinski definition) is 0. The fourth-order valence-corrected chi connectivity index (χ4v) is 3.89. The van der Waals surface area contributed by atoms with E-state index in [0.29, 0.717) is 0 Å². The van der Waals surface area contributed by atoms with E-state index in [1.807, 2.05) is 30.3 Å². The van der Waals surface area contributed by atoms with Crippen molar-refractivity contribution in [2.45, 2.75) is 58.1 Å². The van der Waals surface area contributed by atoms with Crippen LogP contribution in [-0.2, 0) is 9.47 Å². The lowest BCUT2D eigenvalue weighted by molar-refractivity contribution is -0.0797. The molecule has 1 saturated heterocycles. The number of aromatic nitrogens is 1. The maximum atomic E-state index is 14.0. The summed E-state index contributed by atoms with van der Waals surface area (Å²) in [6.45, 7) is 8.15. The quantitative estimate of drug-likeness (QED) is 0.721. The van der Waals surface area contributed by atoms with Gasteiger partial charge in [0.1, 0.15) is 24.1 Å². The van der Waals surface area contributed by atoms with Crippen molar-refractivity contribution in [2.24, 2.45) is 0 Å². The Hall–Kier alpha value is -1.99. The summed E-state index contributed by atoms with van der Waals surface area (Å²) in [6.07, 6.45) is 0.626. The van der Waals surface area contributed by atoms with Gasteiger partial charge < -0.3 is 9.47 Å². The van der Waals surface area contributed by atoms with E-state index in [9.17, 15) is 9.18 Å². The van der Waals surface area contributed by atoms with Crippen LogP contribution in [-0.4, -0.2) is 39.4 Å². The zero-order valence-corrected chi connectivity index (χ0v) is 17.0. The number of carbonyl (C=O) groups excluding carboxylic acids is 1. The molecular formula is C20H25FN2O3S. The molecule has 146 valence electrons. The van der Waals surface area contributed by atoms with Gasteiger partial charge in [0, 0.05) is 6.20 Å². The topological polar surface area (TPSA) is 51.7 Å². The van der Waals surface area contributed by atoms with Crippen LogP contribution in [0.1, 0.15) is 46.3 Å². The fourth-order valence-electron chi connectivity index (χ4n) is 3.29. The van der Waals surface area contributed by atoms with Crippen LogP contribution in [0, 0.1) is 0 Å². The van der Waals surface area contributed by atoms with E-state index in [0.717, 1.165) is 16.0 Å². The minimum absolute atomic E-state index is 0.562. The average Bonchev–Trinajstić information content (AvgIpc) is 3.18. The van der Waals surface area contributed by atoms with Crippen LogP contribution >= 0.6 is 11.5 Å². The van der Waals surface area contributed by atoms with Gasteiger partial charge in [0.25, 0.3) is 0 Å². The van der Waals surface area contributed by atoms with Crippen LogP contribution in [0.2, 0.25) is 0 Å². The summed E-state index contributed by atoms with van der Waals surface area (Å²) < 4.78 is 29.7. The highest BCUT2D eigenvalue weighted by atomic mass is 32.1. The van der Waals surface area contributed by atoms with Crippen LogP contribution in [0.3, 0.4) is 0 Å². The van der Waals surface area contributed by atoms with Gasteiger partial charge in [0.05, 0.1) is 10.9 Å². The smallest absolute Gasteiger partial charge is 0.413 e. The van der Waals surface area contributed by atoms with E-state index < -0.39 is 36.2 Å². The zero-order chi connectivity index (χ0) is 19.8. The highest BCUT2D eigenvalue weighted by molar-refractivity contribution is 7.09. The third kappa shape index (κ3) is 4.14. The van der Waals surface area contributed by atoms with Gasteiger partial charge in [0.15, 0.2) is 0 Å². The molecule has 0 radical (unpaired) electrons. The first-order valence-corrected chi connectivity index (χ1v) is 9.67. The first kappa shape index (κ1) is 19.8. The number of benzene rings is 1. The summed E-state index contributed by atoms with van der Waals surface area (Å²) in [5.74, 6) is 0. The lowest BCUT2D eigenvalue weighted by Gasteiger charge is -2.34. The zero-order valence-electron chi connectivity index (χ0n) is 16.2. The first-order chi connectivity index (χ1) is 12.6. The summed E-state index contributed by atoms with van der Waals surface area (Å²) in [4.78, 5) is 15.1. The molecule has 1 amide bonds. The molecular weight excluding hydrogens is 367 g/mol. The molecule has 2 unspecified atom stereocenters. The van der Waals surface area contributed by atoms with Crippen LogP contribution in [0.15, 0.2) is 36.5 Å². The van der Waals surface area contributed by atoms with Crippen molar-refractivity contribution < 1.29 is 18.7 Å². The van der Waals surface area contributed by atoms with Crippen LogP contribution in [0.25, 0.3) is 10.4 Å². The minimum atomic E-state index is -0.972. The van der Waals surface area contributed by atoms with Crippen molar-refractivity contribution in [3.8, 4) is 10.4 Å². The molecule has 1 aliphatic rings. The van der Waals surface area contributed by atoms with Gasteiger partial charge >= 0.3 is 6.09 Å². The van der Waals surface area contributed by atoms with E-state index in [4.69, 9.17) is 9.47 Å². The minimum Gasteiger partial charge on any atom is -0.444 e. The van der Waals surface area contributed by atoms with Crippen molar-refractivity contribution in [1.29, 1.82) is 0 Å². The molecule has 3 rings (SSSR count). The molecule has 5 nitrogen and oxygen atoms in total. The fraction of sp³-hybridized carbons (Fsp3) is 0.500. The average molecular weight is 392 g/mol. The Labute approximate surface area is 163 Å². The molecule has 0 N–H and O–H groups in total. The molecule has 27 heavy (non-hydrogen) atoms. The number of rotatable bonds is 3. The van der Waals surface area contributed by atoms with Gasteiger partial charge in [-0.1, -0.05) is 24.3 Å². The molecule has 2 heterocycles. The molecule has 1 aliphatic heterocycles. The van der Waals surface area contributed by atoms with E-state index in [1.54, 1.807) is 40.8 Å². The Bertz CT molecular complexity index is 785. The van der Waals surface area contributed by atoms with Crippen molar-refractivity contribution >= 4 is 17.6 Å². The van der Waals surface area contributed by atoms with Crippen molar-refractivity contribution in [2.75, 3.05) is 6.67 Å². The molecule has 7 heteroatoms. The SMILES string of the molecule is CC(C)(C)OC(=O)N1C(CF)C(c2ccc(-c3ccns3)cc2)OC1(C)C. The lowest BCUT2D eigenvalue weighted by Crippen LogP contribution is -2.50. The van der Waals surface area contributed by atoms with Gasteiger partial charge in [-0.3, -0.25) is 4.90 Å². The third-order valence-electron chi connectivity index (χ3n) is 4.39. The van der Waals surface area contributed by atoms with Gasteiger partial charge in [-0.15, -0.1) is 0 Å². The lowest BCUT2D eigenvalue weighted by atomic mass is 10.0. The number of alkyl halides is 1. The van der Waals surface area contributed by atoms with Crippen molar-refractivity contribution in [3.63, 3.8) is 0 Å². The highest BCUT2D eigenvalue weighted by Gasteiger charge is 2.51. The second-order valence-corrected chi connectivity index (χ2v) is 8.89. The van der Waals surface area contributed by atoms with Crippen LogP contribution < -0.4 is 0 Å². The Kier molecular flexibility index (Phi) is 5.27. The Morgan fingerprint density at radius 3 is 2.48 bits per heavy atom. The molecule has 1 fully saturated rings. The predicted octanol–water partition coefficient (Wildman–Crippen LogP) is 5.19. The summed E-state index contributed by atoms with van der Waals surface area (Å²) in [5, 5.41) is 0. The maximum Gasteiger partial charge on any atom is 0.413 e. The Morgan fingerprint density at radius 1 is 1.30 bits per heavy atom. The molecule has 0 saturated carbocycles. The number of ether oxygens (including phenoxy) is 2. The molecule has 2 atom stereocenters. The monoisotopic (exact) mass is 392 g/mol. The predicted molar refractivity (Wildman–Crippen MR) is 103 cm³/mol. The second kappa shape index (κ2) is 7.20. The molecule has 1 aromatic carbocycles. The first-order valence-electron chi connectivity index (χ1n) is 8.89. The number of nitrogens with zero attached hydrogens (tertiary/aromatic N) is 2. The maximum absolute atomic E-state index is 14.0. The molecule has 0 aliphatic carbocycles. The van der Waals surface area contributed by atoms with Crippen LogP contribution in [0.4, 0.5) is 9.18 Å². The van der Waals surface area contributed by atoms with Gasteiger partial charge in [-0.2, -0.15) is 0 Å². The largest absolute Gasteiger partial charge is 0.444 e. The molecule has 0 bridgehead atoms. The Morgan fingerprint density at radius 2 is 1.96 bits per heavy atom. The third-order valence-corrected chi connectivity index (χ3v) is 5.18. The second-order valence-electron chi connectivity index (χ2n) is 8.06. The molecule has 0 spiro atoms. The number of hydrogen-bond acceptors (Lipinski definition) is 5. The van der Waals surface area contributed by atoms with E-state index >= 15 is 0 Å². The molecule has 2 aromatic rings. The standard InChI is InChI=1S/C20H25FN2O3S/c1-19(2,3)26-18(24)23-15(12-21)17(25-20(23,4)5)14-8-6-13(7-9-14)16-10-11-22-27-16/h6-11,15,17H,12H2,1-5H3. The van der Waals surface area contributed by atoms with Gasteiger partial charge in [0.2, 0.25) is 0 Å². The normalized spacial score (nSPS) is 22.1. The van der Waals surface area contributed by atoms with Crippen molar-refractivity contribution in [1.82, 2.24) is 9.27 Å². The number of amides is 1. The number of carbonyl (C=O) groups is 1. The van der Waals surface area contributed by atoms with E-state index in [1.165, 1.54) is 16.4 Å².